The Balaban J connectivity index is 1.55. The Hall–Kier alpha value is -2.73. The third-order valence-corrected chi connectivity index (χ3v) is 3.03. The van der Waals surface area contributed by atoms with E-state index in [1.807, 2.05) is 36.4 Å². The molecular formula is C15H14N4O2. The van der Waals surface area contributed by atoms with Crippen LogP contribution < -0.4 is 5.48 Å². The van der Waals surface area contributed by atoms with E-state index in [0.717, 1.165) is 22.2 Å². The number of aromatic amines is 1. The van der Waals surface area contributed by atoms with Crippen LogP contribution in [-0.4, -0.2) is 21.1 Å². The van der Waals surface area contributed by atoms with Crippen LogP contribution in [0.2, 0.25) is 0 Å². The second-order valence-electron chi connectivity index (χ2n) is 4.57. The number of H-pyrrole nitrogens is 1. The summed E-state index contributed by atoms with van der Waals surface area (Å²) in [6.07, 6.45) is 3.56. The first-order valence-electron chi connectivity index (χ1n) is 6.54. The van der Waals surface area contributed by atoms with E-state index in [0.29, 0.717) is 0 Å². The normalized spacial score (nSPS) is 10.7. The molecule has 2 aromatic heterocycles. The van der Waals surface area contributed by atoms with Gasteiger partial charge in [-0.2, -0.15) is 5.10 Å². The van der Waals surface area contributed by atoms with Crippen molar-refractivity contribution in [3.63, 3.8) is 0 Å². The number of hydroxylamine groups is 1. The number of carbonyl (C=O) groups is 1. The van der Waals surface area contributed by atoms with Crippen molar-refractivity contribution in [2.24, 2.45) is 0 Å². The number of amides is 1. The molecule has 0 bridgehead atoms. The van der Waals surface area contributed by atoms with E-state index >= 15 is 0 Å². The third-order valence-electron chi connectivity index (χ3n) is 3.03. The summed E-state index contributed by atoms with van der Waals surface area (Å²) >= 11 is 0. The third kappa shape index (κ3) is 3.24. The molecule has 2 N–H and O–H groups in total. The first-order valence-corrected chi connectivity index (χ1v) is 6.54. The maximum atomic E-state index is 11.8. The Bertz CT molecular complexity index is 740. The maximum absolute atomic E-state index is 11.8. The fraction of sp³-hybridized carbons (Fsp3) is 0.133. The Kier molecular flexibility index (Phi) is 3.88. The Morgan fingerprint density at radius 1 is 1.24 bits per heavy atom. The van der Waals surface area contributed by atoms with Crippen LogP contribution in [0.4, 0.5) is 0 Å². The van der Waals surface area contributed by atoms with Crippen molar-refractivity contribution < 1.29 is 9.63 Å². The molecule has 21 heavy (non-hydrogen) atoms. The number of hydrogen-bond acceptors (Lipinski definition) is 4. The SMILES string of the molecule is O=C(Cc1[nH]nc2ccccc12)NOCc1cccnc1. The lowest BCUT2D eigenvalue weighted by Crippen LogP contribution is -2.25. The van der Waals surface area contributed by atoms with E-state index in [4.69, 9.17) is 4.84 Å². The van der Waals surface area contributed by atoms with Crippen LogP contribution in [0.1, 0.15) is 11.3 Å². The second kappa shape index (κ2) is 6.15. The molecule has 0 atom stereocenters. The average Bonchev–Trinajstić information content (AvgIpc) is 2.92. The molecule has 1 amide bonds. The number of nitrogens with one attached hydrogen (secondary N) is 2. The molecule has 0 unspecified atom stereocenters. The summed E-state index contributed by atoms with van der Waals surface area (Å²) in [4.78, 5) is 21.0. The van der Waals surface area contributed by atoms with Gasteiger partial charge >= 0.3 is 0 Å². The molecule has 2 heterocycles. The molecule has 0 saturated carbocycles. The van der Waals surface area contributed by atoms with Gasteiger partial charge in [0.25, 0.3) is 0 Å². The molecule has 0 aliphatic rings. The zero-order valence-electron chi connectivity index (χ0n) is 11.2. The lowest BCUT2D eigenvalue weighted by Gasteiger charge is -2.05. The van der Waals surface area contributed by atoms with Gasteiger partial charge < -0.3 is 0 Å². The van der Waals surface area contributed by atoms with E-state index in [-0.39, 0.29) is 18.9 Å². The molecule has 0 aliphatic carbocycles. The van der Waals surface area contributed by atoms with Gasteiger partial charge in [0.15, 0.2) is 0 Å². The largest absolute Gasteiger partial charge is 0.281 e. The van der Waals surface area contributed by atoms with Gasteiger partial charge in [0.1, 0.15) is 6.61 Å². The van der Waals surface area contributed by atoms with Crippen LogP contribution in [0, 0.1) is 0 Å². The smallest absolute Gasteiger partial charge is 0.249 e. The summed E-state index contributed by atoms with van der Waals surface area (Å²) < 4.78 is 0. The minimum absolute atomic E-state index is 0.188. The molecular weight excluding hydrogens is 268 g/mol. The zero-order chi connectivity index (χ0) is 14.5. The number of para-hydroxylation sites is 1. The van der Waals surface area contributed by atoms with Crippen LogP contribution in [-0.2, 0) is 22.7 Å². The van der Waals surface area contributed by atoms with E-state index in [9.17, 15) is 4.79 Å². The Labute approximate surface area is 121 Å². The maximum Gasteiger partial charge on any atom is 0.249 e. The summed E-state index contributed by atoms with van der Waals surface area (Å²) in [6.45, 7) is 0.281. The predicted octanol–water partition coefficient (Wildman–Crippen LogP) is 1.75. The summed E-state index contributed by atoms with van der Waals surface area (Å²) in [5, 5.41) is 7.97. The summed E-state index contributed by atoms with van der Waals surface area (Å²) in [5.41, 5.74) is 4.93. The highest BCUT2D eigenvalue weighted by molar-refractivity contribution is 5.86. The molecule has 0 radical (unpaired) electrons. The van der Waals surface area contributed by atoms with Crippen LogP contribution >= 0.6 is 0 Å². The lowest BCUT2D eigenvalue weighted by atomic mass is 10.2. The number of hydrogen-bond donors (Lipinski definition) is 2. The Morgan fingerprint density at radius 3 is 3.00 bits per heavy atom. The van der Waals surface area contributed by atoms with Crippen molar-refractivity contribution in [1.29, 1.82) is 0 Å². The van der Waals surface area contributed by atoms with Gasteiger partial charge in [-0.1, -0.05) is 24.3 Å². The standard InChI is InChI=1S/C15H14N4O2/c20-15(19-21-10-11-4-3-7-16-9-11)8-14-12-5-1-2-6-13(12)17-18-14/h1-7,9H,8,10H2,(H,17,18)(H,19,20). The molecule has 0 aliphatic heterocycles. The Morgan fingerprint density at radius 2 is 2.14 bits per heavy atom. The lowest BCUT2D eigenvalue weighted by molar-refractivity contribution is -0.133. The van der Waals surface area contributed by atoms with E-state index in [1.54, 1.807) is 12.4 Å². The summed E-state index contributed by atoms with van der Waals surface area (Å²) in [6, 6.07) is 11.3. The highest BCUT2D eigenvalue weighted by atomic mass is 16.6. The number of rotatable bonds is 5. The van der Waals surface area contributed by atoms with Gasteiger partial charge in [0.05, 0.1) is 17.6 Å². The minimum Gasteiger partial charge on any atom is -0.281 e. The first-order chi connectivity index (χ1) is 10.3. The van der Waals surface area contributed by atoms with Crippen molar-refractivity contribution >= 4 is 16.8 Å². The number of nitrogens with zero attached hydrogens (tertiary/aromatic N) is 2. The second-order valence-corrected chi connectivity index (χ2v) is 4.57. The fourth-order valence-corrected chi connectivity index (χ4v) is 2.03. The number of aromatic nitrogens is 3. The molecule has 3 rings (SSSR count). The van der Waals surface area contributed by atoms with Gasteiger partial charge in [-0.15, -0.1) is 0 Å². The molecule has 0 fully saturated rings. The van der Waals surface area contributed by atoms with Crippen molar-refractivity contribution in [3.05, 3.63) is 60.0 Å². The van der Waals surface area contributed by atoms with Gasteiger partial charge in [0.2, 0.25) is 5.91 Å². The monoisotopic (exact) mass is 282 g/mol. The number of benzene rings is 1. The average molecular weight is 282 g/mol. The van der Waals surface area contributed by atoms with Crippen molar-refractivity contribution in [1.82, 2.24) is 20.7 Å². The number of fused-ring (bicyclic) bond motifs is 1. The van der Waals surface area contributed by atoms with E-state index in [2.05, 4.69) is 20.7 Å². The first kappa shape index (κ1) is 13.3. The van der Waals surface area contributed by atoms with Gasteiger partial charge in [0, 0.05) is 17.8 Å². The highest BCUT2D eigenvalue weighted by Gasteiger charge is 2.09. The topological polar surface area (TPSA) is 79.9 Å². The van der Waals surface area contributed by atoms with Crippen LogP contribution in [0.25, 0.3) is 10.9 Å². The van der Waals surface area contributed by atoms with E-state index in [1.165, 1.54) is 0 Å². The molecule has 6 heteroatoms. The molecule has 3 aromatic rings. The van der Waals surface area contributed by atoms with Crippen LogP contribution in [0.15, 0.2) is 48.8 Å². The van der Waals surface area contributed by atoms with Crippen LogP contribution in [0.5, 0.6) is 0 Å². The molecule has 0 saturated heterocycles. The zero-order valence-corrected chi connectivity index (χ0v) is 11.2. The summed E-state index contributed by atoms with van der Waals surface area (Å²) in [5.74, 6) is -0.228. The van der Waals surface area contributed by atoms with Gasteiger partial charge in [-0.25, -0.2) is 5.48 Å². The molecule has 106 valence electrons. The molecule has 6 nitrogen and oxygen atoms in total. The van der Waals surface area contributed by atoms with Gasteiger partial charge in [-0.3, -0.25) is 19.7 Å². The van der Waals surface area contributed by atoms with Gasteiger partial charge in [-0.05, 0) is 17.7 Å². The quantitative estimate of drug-likeness (QED) is 0.699. The molecule has 1 aromatic carbocycles. The highest BCUT2D eigenvalue weighted by Crippen LogP contribution is 2.15. The summed E-state index contributed by atoms with van der Waals surface area (Å²) in [7, 11) is 0. The van der Waals surface area contributed by atoms with Crippen LogP contribution in [0.3, 0.4) is 0 Å². The number of pyridine rings is 1. The minimum atomic E-state index is -0.228. The van der Waals surface area contributed by atoms with Crippen molar-refractivity contribution in [2.45, 2.75) is 13.0 Å². The fourth-order valence-electron chi connectivity index (χ4n) is 2.03. The van der Waals surface area contributed by atoms with E-state index < -0.39 is 0 Å². The van der Waals surface area contributed by atoms with Crippen molar-refractivity contribution in [2.75, 3.05) is 0 Å². The van der Waals surface area contributed by atoms with Crippen molar-refractivity contribution in [3.8, 4) is 0 Å². The molecule has 0 spiro atoms. The predicted molar refractivity (Wildman–Crippen MR) is 77.0 cm³/mol. The number of carbonyl (C=O) groups excluding carboxylic acids is 1.